The predicted octanol–water partition coefficient (Wildman–Crippen LogP) is 1.94. The molecule has 3 aromatic rings. The van der Waals surface area contributed by atoms with Gasteiger partial charge in [-0.2, -0.15) is 0 Å². The smallest absolute Gasteiger partial charge is 0.259 e. The van der Waals surface area contributed by atoms with E-state index in [0.717, 1.165) is 12.0 Å². The van der Waals surface area contributed by atoms with E-state index in [0.29, 0.717) is 27.9 Å². The van der Waals surface area contributed by atoms with Crippen LogP contribution in [-0.2, 0) is 22.2 Å². The molecule has 1 aromatic heterocycles. The fourth-order valence-corrected chi connectivity index (χ4v) is 3.19. The maximum atomic E-state index is 12.3. The van der Waals surface area contributed by atoms with Crippen LogP contribution in [0.15, 0.2) is 47.3 Å². The highest BCUT2D eigenvalue weighted by Gasteiger charge is 2.08. The molecule has 0 atom stereocenters. The highest BCUT2D eigenvalue weighted by molar-refractivity contribution is 7.88. The number of nitrogens with one attached hydrogen (secondary N) is 1. The lowest BCUT2D eigenvalue weighted by Crippen LogP contribution is -2.14. The number of sulfonamides is 1. The number of aryl methyl sites for hydroxylation is 1. The van der Waals surface area contributed by atoms with Gasteiger partial charge in [-0.05, 0) is 29.7 Å². The van der Waals surface area contributed by atoms with Crippen LogP contribution in [0.1, 0.15) is 18.1 Å². The first kappa shape index (κ1) is 16.4. The molecule has 0 saturated heterocycles. The van der Waals surface area contributed by atoms with E-state index < -0.39 is 10.0 Å². The molecule has 0 amide bonds. The van der Waals surface area contributed by atoms with Crippen LogP contribution in [0.3, 0.4) is 0 Å². The number of rotatable bonds is 4. The van der Waals surface area contributed by atoms with Gasteiger partial charge in [0.25, 0.3) is 5.56 Å². The molecule has 0 aliphatic rings. The zero-order valence-electron chi connectivity index (χ0n) is 13.1. The normalized spacial score (nSPS) is 11.8. The molecule has 124 valence electrons. The Bertz CT molecular complexity index is 1050. The molecule has 6 nitrogen and oxygen atoms in total. The molecule has 3 rings (SSSR count). The van der Waals surface area contributed by atoms with Gasteiger partial charge < -0.3 is 4.98 Å². The monoisotopic (exact) mass is 343 g/mol. The number of fused-ring (bicyclic) bond motifs is 1. The first-order valence-electron chi connectivity index (χ1n) is 7.48. The molecule has 2 aromatic carbocycles. The second-order valence-electron chi connectivity index (χ2n) is 5.62. The highest BCUT2D eigenvalue weighted by atomic mass is 32.2. The van der Waals surface area contributed by atoms with Crippen molar-refractivity contribution in [2.75, 3.05) is 0 Å². The molecule has 1 heterocycles. The Kier molecular flexibility index (Phi) is 4.21. The van der Waals surface area contributed by atoms with Crippen molar-refractivity contribution in [2.24, 2.45) is 5.14 Å². The van der Waals surface area contributed by atoms with Crippen LogP contribution in [0.25, 0.3) is 22.3 Å². The van der Waals surface area contributed by atoms with E-state index >= 15 is 0 Å². The molecular weight excluding hydrogens is 326 g/mol. The van der Waals surface area contributed by atoms with Crippen molar-refractivity contribution in [3.8, 4) is 11.4 Å². The van der Waals surface area contributed by atoms with E-state index in [1.54, 1.807) is 24.3 Å². The van der Waals surface area contributed by atoms with Crippen molar-refractivity contribution >= 4 is 20.9 Å². The molecule has 0 unspecified atom stereocenters. The summed E-state index contributed by atoms with van der Waals surface area (Å²) in [6.07, 6.45) is 0.850. The van der Waals surface area contributed by atoms with E-state index in [-0.39, 0.29) is 11.3 Å². The number of aromatic nitrogens is 2. The Balaban J connectivity index is 2.02. The minimum absolute atomic E-state index is 0.195. The zero-order chi connectivity index (χ0) is 17.3. The molecule has 24 heavy (non-hydrogen) atoms. The van der Waals surface area contributed by atoms with Crippen LogP contribution in [0, 0.1) is 0 Å². The van der Waals surface area contributed by atoms with Crippen LogP contribution in [0.2, 0.25) is 0 Å². The summed E-state index contributed by atoms with van der Waals surface area (Å²) in [5, 5.41) is 5.59. The Labute approximate surface area is 139 Å². The van der Waals surface area contributed by atoms with Crippen molar-refractivity contribution < 1.29 is 8.42 Å². The summed E-state index contributed by atoms with van der Waals surface area (Å²) in [5.41, 5.74) is 2.79. The third-order valence-electron chi connectivity index (χ3n) is 3.77. The highest BCUT2D eigenvalue weighted by Crippen LogP contribution is 2.18. The summed E-state index contributed by atoms with van der Waals surface area (Å²) < 4.78 is 22.2. The molecule has 0 saturated carbocycles. The van der Waals surface area contributed by atoms with Gasteiger partial charge in [-0.1, -0.05) is 37.3 Å². The zero-order valence-corrected chi connectivity index (χ0v) is 13.9. The minimum atomic E-state index is -3.57. The average molecular weight is 343 g/mol. The molecule has 0 aliphatic heterocycles. The van der Waals surface area contributed by atoms with Gasteiger partial charge in [0.05, 0.1) is 16.7 Å². The van der Waals surface area contributed by atoms with Gasteiger partial charge >= 0.3 is 0 Å². The summed E-state index contributed by atoms with van der Waals surface area (Å²) in [7, 11) is -3.57. The second kappa shape index (κ2) is 6.18. The van der Waals surface area contributed by atoms with E-state index in [1.165, 1.54) is 0 Å². The number of hydrogen-bond acceptors (Lipinski definition) is 4. The third-order valence-corrected chi connectivity index (χ3v) is 4.51. The lowest BCUT2D eigenvalue weighted by Gasteiger charge is -2.06. The van der Waals surface area contributed by atoms with Gasteiger partial charge in [-0.3, -0.25) is 4.79 Å². The first-order valence-corrected chi connectivity index (χ1v) is 9.20. The van der Waals surface area contributed by atoms with Crippen LogP contribution in [0.5, 0.6) is 0 Å². The molecule has 0 aliphatic carbocycles. The lowest BCUT2D eigenvalue weighted by atomic mass is 10.1. The number of H-pyrrole nitrogens is 1. The number of nitrogens with zero attached hydrogens (tertiary/aromatic N) is 1. The number of primary sulfonamides is 1. The van der Waals surface area contributed by atoms with Crippen LogP contribution in [-0.4, -0.2) is 18.4 Å². The Hall–Kier alpha value is -2.51. The van der Waals surface area contributed by atoms with Crippen molar-refractivity contribution in [2.45, 2.75) is 19.1 Å². The van der Waals surface area contributed by atoms with Crippen molar-refractivity contribution in [1.82, 2.24) is 9.97 Å². The Morgan fingerprint density at radius 3 is 2.38 bits per heavy atom. The Morgan fingerprint density at radius 2 is 1.75 bits per heavy atom. The number of nitrogens with two attached hydrogens (primary N) is 1. The maximum Gasteiger partial charge on any atom is 0.259 e. The van der Waals surface area contributed by atoms with Crippen LogP contribution < -0.4 is 10.7 Å². The first-order chi connectivity index (χ1) is 11.4. The number of aromatic amines is 1. The fraction of sp³-hybridized carbons (Fsp3) is 0.176. The van der Waals surface area contributed by atoms with Crippen molar-refractivity contribution in [1.29, 1.82) is 0 Å². The molecule has 0 bridgehead atoms. The molecule has 0 spiro atoms. The van der Waals surface area contributed by atoms with E-state index in [1.807, 2.05) is 25.1 Å². The molecular formula is C17H17N3O3S. The summed E-state index contributed by atoms with van der Waals surface area (Å²) in [5.74, 6) is 0.216. The molecule has 0 fully saturated rings. The molecule has 3 N–H and O–H groups in total. The van der Waals surface area contributed by atoms with Gasteiger partial charge in [0.2, 0.25) is 10.0 Å². The lowest BCUT2D eigenvalue weighted by molar-refractivity contribution is 0.597. The van der Waals surface area contributed by atoms with Gasteiger partial charge in [0.1, 0.15) is 5.82 Å². The predicted molar refractivity (Wildman–Crippen MR) is 94.0 cm³/mol. The van der Waals surface area contributed by atoms with Crippen LogP contribution in [0.4, 0.5) is 0 Å². The summed E-state index contributed by atoms with van der Waals surface area (Å²) in [6, 6.07) is 12.4. The van der Waals surface area contributed by atoms with E-state index in [2.05, 4.69) is 9.97 Å². The largest absolute Gasteiger partial charge is 0.306 e. The quantitative estimate of drug-likeness (QED) is 0.755. The SMILES string of the molecule is CCc1ccc2nc(-c3ccc(CS(N)(=O)=O)cc3)[nH]c(=O)c2c1. The third kappa shape index (κ3) is 3.52. The maximum absolute atomic E-state index is 12.3. The Morgan fingerprint density at radius 1 is 1.08 bits per heavy atom. The van der Waals surface area contributed by atoms with Gasteiger partial charge in [-0.25, -0.2) is 18.5 Å². The van der Waals surface area contributed by atoms with E-state index in [9.17, 15) is 13.2 Å². The molecule has 7 heteroatoms. The molecule has 0 radical (unpaired) electrons. The standard InChI is InChI=1S/C17H17N3O3S/c1-2-11-5-8-15-14(9-11)17(21)20-16(19-15)13-6-3-12(4-7-13)10-24(18,22)23/h3-9H,2,10H2,1H3,(H2,18,22,23)(H,19,20,21). The summed E-state index contributed by atoms with van der Waals surface area (Å²) in [4.78, 5) is 19.6. The van der Waals surface area contributed by atoms with Gasteiger partial charge in [-0.15, -0.1) is 0 Å². The minimum Gasteiger partial charge on any atom is -0.306 e. The fourth-order valence-electron chi connectivity index (χ4n) is 2.53. The van der Waals surface area contributed by atoms with E-state index in [4.69, 9.17) is 5.14 Å². The van der Waals surface area contributed by atoms with Crippen molar-refractivity contribution in [3.63, 3.8) is 0 Å². The van der Waals surface area contributed by atoms with Crippen LogP contribution >= 0.6 is 0 Å². The van der Waals surface area contributed by atoms with Gasteiger partial charge in [0.15, 0.2) is 0 Å². The van der Waals surface area contributed by atoms with Crippen molar-refractivity contribution in [3.05, 3.63) is 63.9 Å². The summed E-state index contributed by atoms with van der Waals surface area (Å²) >= 11 is 0. The topological polar surface area (TPSA) is 106 Å². The van der Waals surface area contributed by atoms with Gasteiger partial charge in [0, 0.05) is 5.56 Å². The number of benzene rings is 2. The number of hydrogen-bond donors (Lipinski definition) is 2. The second-order valence-corrected chi connectivity index (χ2v) is 7.24. The average Bonchev–Trinajstić information content (AvgIpc) is 2.53. The summed E-state index contributed by atoms with van der Waals surface area (Å²) in [6.45, 7) is 2.03.